The molecule has 2 rings (SSSR count). The number of hydrogen-bond donors (Lipinski definition) is 3. The Hall–Kier alpha value is -2.12. The van der Waals surface area contributed by atoms with Crippen molar-refractivity contribution in [1.29, 1.82) is 0 Å². The van der Waals surface area contributed by atoms with Gasteiger partial charge in [0.1, 0.15) is 10.7 Å². The van der Waals surface area contributed by atoms with E-state index in [4.69, 9.17) is 5.73 Å². The summed E-state index contributed by atoms with van der Waals surface area (Å²) in [5, 5.41) is 12.9. The average molecular weight is 307 g/mol. The number of hydrogen-bond acceptors (Lipinski definition) is 6. The number of aromatic nitrogens is 1. The molecule has 1 atom stereocenters. The van der Waals surface area contributed by atoms with Crippen molar-refractivity contribution >= 4 is 21.3 Å². The number of nitrogens with one attached hydrogen (secondary N) is 1. The highest BCUT2D eigenvalue weighted by atomic mass is 32.2. The van der Waals surface area contributed by atoms with Gasteiger partial charge in [0.05, 0.1) is 6.10 Å². The van der Waals surface area contributed by atoms with Crippen molar-refractivity contribution in [2.75, 3.05) is 23.9 Å². The van der Waals surface area contributed by atoms with Crippen LogP contribution in [0.5, 0.6) is 0 Å². The largest absolute Gasteiger partial charge is 0.399 e. The zero-order valence-electron chi connectivity index (χ0n) is 11.5. The van der Waals surface area contributed by atoms with Crippen LogP contribution in [0.1, 0.15) is 11.7 Å². The summed E-state index contributed by atoms with van der Waals surface area (Å²) in [6, 6.07) is 9.86. The molecule has 2 aromatic rings. The van der Waals surface area contributed by atoms with E-state index in [-0.39, 0.29) is 17.3 Å². The summed E-state index contributed by atoms with van der Waals surface area (Å²) in [5.41, 5.74) is 6.89. The number of pyridine rings is 1. The van der Waals surface area contributed by atoms with Crippen LogP contribution in [0.2, 0.25) is 0 Å². The van der Waals surface area contributed by atoms with Gasteiger partial charge in [-0.15, -0.1) is 0 Å². The summed E-state index contributed by atoms with van der Waals surface area (Å²) in [6.07, 6.45) is 1.82. The topological polar surface area (TPSA) is 105 Å². The standard InChI is InChI=1S/C14H17N3O3S/c1-21(19,20)13-3-2-8-16-14(13)17-9-12(18)10-4-6-11(15)7-5-10/h2-8,12,18H,9,15H2,1H3,(H,16,17). The second-order valence-electron chi connectivity index (χ2n) is 4.69. The number of nitrogen functional groups attached to an aromatic ring is 1. The van der Waals surface area contributed by atoms with Gasteiger partial charge in [-0.05, 0) is 29.8 Å². The van der Waals surface area contributed by atoms with E-state index in [2.05, 4.69) is 10.3 Å². The van der Waals surface area contributed by atoms with E-state index in [0.717, 1.165) is 6.26 Å². The Morgan fingerprint density at radius 3 is 2.57 bits per heavy atom. The van der Waals surface area contributed by atoms with Gasteiger partial charge < -0.3 is 16.2 Å². The fourth-order valence-electron chi connectivity index (χ4n) is 1.85. The minimum atomic E-state index is -3.37. The Kier molecular flexibility index (Phi) is 4.44. The van der Waals surface area contributed by atoms with Crippen LogP contribution in [0.25, 0.3) is 0 Å². The minimum absolute atomic E-state index is 0.106. The van der Waals surface area contributed by atoms with E-state index in [9.17, 15) is 13.5 Å². The van der Waals surface area contributed by atoms with E-state index in [1.165, 1.54) is 12.3 Å². The Morgan fingerprint density at radius 2 is 1.95 bits per heavy atom. The zero-order chi connectivity index (χ0) is 15.5. The van der Waals surface area contributed by atoms with Crippen LogP contribution >= 0.6 is 0 Å². The molecule has 112 valence electrons. The van der Waals surface area contributed by atoms with E-state index in [1.54, 1.807) is 30.3 Å². The van der Waals surface area contributed by atoms with Crippen molar-refractivity contribution < 1.29 is 13.5 Å². The maximum absolute atomic E-state index is 11.6. The fourth-order valence-corrected chi connectivity index (χ4v) is 2.65. The molecule has 0 radical (unpaired) electrons. The number of benzene rings is 1. The lowest BCUT2D eigenvalue weighted by Gasteiger charge is -2.14. The van der Waals surface area contributed by atoms with Crippen LogP contribution in [-0.2, 0) is 9.84 Å². The third-order valence-corrected chi connectivity index (χ3v) is 4.08. The first-order valence-corrected chi connectivity index (χ1v) is 8.19. The number of rotatable bonds is 5. The average Bonchev–Trinajstić information content (AvgIpc) is 2.45. The molecular formula is C14H17N3O3S. The van der Waals surface area contributed by atoms with Crippen LogP contribution in [0.15, 0.2) is 47.5 Å². The monoisotopic (exact) mass is 307 g/mol. The first kappa shape index (κ1) is 15.3. The zero-order valence-corrected chi connectivity index (χ0v) is 12.3. The third-order valence-electron chi connectivity index (χ3n) is 2.95. The molecule has 1 heterocycles. The van der Waals surface area contributed by atoms with Crippen LogP contribution < -0.4 is 11.1 Å². The van der Waals surface area contributed by atoms with Gasteiger partial charge in [0.2, 0.25) is 0 Å². The molecule has 0 spiro atoms. The summed E-state index contributed by atoms with van der Waals surface area (Å²) >= 11 is 0. The van der Waals surface area contributed by atoms with Gasteiger partial charge in [0.15, 0.2) is 9.84 Å². The number of aliphatic hydroxyl groups is 1. The first-order chi connectivity index (χ1) is 9.88. The lowest BCUT2D eigenvalue weighted by molar-refractivity contribution is 0.191. The molecule has 1 aromatic carbocycles. The molecule has 0 saturated carbocycles. The van der Waals surface area contributed by atoms with Gasteiger partial charge in [-0.1, -0.05) is 12.1 Å². The van der Waals surface area contributed by atoms with E-state index >= 15 is 0 Å². The number of anilines is 2. The first-order valence-electron chi connectivity index (χ1n) is 6.30. The third kappa shape index (κ3) is 3.93. The highest BCUT2D eigenvalue weighted by Crippen LogP contribution is 2.20. The van der Waals surface area contributed by atoms with Crippen molar-refractivity contribution in [2.24, 2.45) is 0 Å². The molecule has 0 aliphatic carbocycles. The SMILES string of the molecule is CS(=O)(=O)c1cccnc1NCC(O)c1ccc(N)cc1. The molecule has 0 bridgehead atoms. The van der Waals surface area contributed by atoms with Crippen LogP contribution in [-0.4, -0.2) is 31.3 Å². The molecule has 1 aromatic heterocycles. The van der Waals surface area contributed by atoms with E-state index in [1.807, 2.05) is 0 Å². The number of sulfone groups is 1. The van der Waals surface area contributed by atoms with Gasteiger partial charge in [-0.2, -0.15) is 0 Å². The predicted molar refractivity (Wildman–Crippen MR) is 81.7 cm³/mol. The molecule has 6 nitrogen and oxygen atoms in total. The van der Waals surface area contributed by atoms with Crippen LogP contribution in [0.4, 0.5) is 11.5 Å². The summed E-state index contributed by atoms with van der Waals surface area (Å²) in [5.74, 6) is 0.231. The van der Waals surface area contributed by atoms with Gasteiger partial charge >= 0.3 is 0 Å². The molecule has 0 aliphatic rings. The van der Waals surface area contributed by atoms with Crippen molar-refractivity contribution in [3.05, 3.63) is 48.2 Å². The Bertz CT molecular complexity index is 714. The maximum Gasteiger partial charge on any atom is 0.179 e. The van der Waals surface area contributed by atoms with Gasteiger partial charge in [0.25, 0.3) is 0 Å². The Morgan fingerprint density at radius 1 is 1.29 bits per heavy atom. The second kappa shape index (κ2) is 6.11. The molecule has 1 unspecified atom stereocenters. The summed E-state index contributed by atoms with van der Waals surface area (Å²) in [4.78, 5) is 4.11. The number of nitrogens with two attached hydrogens (primary N) is 1. The van der Waals surface area contributed by atoms with Crippen molar-refractivity contribution in [1.82, 2.24) is 4.98 Å². The normalized spacial score (nSPS) is 12.9. The minimum Gasteiger partial charge on any atom is -0.399 e. The Labute approximate surface area is 123 Å². The summed E-state index contributed by atoms with van der Waals surface area (Å²) < 4.78 is 23.3. The molecule has 21 heavy (non-hydrogen) atoms. The van der Waals surface area contributed by atoms with Gasteiger partial charge in [-0.3, -0.25) is 0 Å². The molecule has 4 N–H and O–H groups in total. The molecule has 7 heteroatoms. The predicted octanol–water partition coefficient (Wildman–Crippen LogP) is 1.21. The smallest absolute Gasteiger partial charge is 0.179 e. The summed E-state index contributed by atoms with van der Waals surface area (Å²) in [6.45, 7) is 0.142. The maximum atomic E-state index is 11.6. The molecule has 0 saturated heterocycles. The lowest BCUT2D eigenvalue weighted by atomic mass is 10.1. The highest BCUT2D eigenvalue weighted by molar-refractivity contribution is 7.90. The number of aliphatic hydroxyl groups excluding tert-OH is 1. The highest BCUT2D eigenvalue weighted by Gasteiger charge is 2.15. The number of nitrogens with zero attached hydrogens (tertiary/aromatic N) is 1. The summed E-state index contributed by atoms with van der Waals surface area (Å²) in [7, 11) is -3.37. The molecule has 0 aliphatic heterocycles. The molecule has 0 amide bonds. The van der Waals surface area contributed by atoms with E-state index < -0.39 is 15.9 Å². The van der Waals surface area contributed by atoms with Crippen LogP contribution in [0.3, 0.4) is 0 Å². The molecular weight excluding hydrogens is 290 g/mol. The second-order valence-corrected chi connectivity index (χ2v) is 6.67. The lowest BCUT2D eigenvalue weighted by Crippen LogP contribution is -2.15. The van der Waals surface area contributed by atoms with Gasteiger partial charge in [-0.25, -0.2) is 13.4 Å². The van der Waals surface area contributed by atoms with Crippen molar-refractivity contribution in [3.63, 3.8) is 0 Å². The van der Waals surface area contributed by atoms with Crippen LogP contribution in [0, 0.1) is 0 Å². The van der Waals surface area contributed by atoms with Crippen molar-refractivity contribution in [2.45, 2.75) is 11.0 Å². The Balaban J connectivity index is 2.12. The quantitative estimate of drug-likeness (QED) is 0.717. The van der Waals surface area contributed by atoms with E-state index in [0.29, 0.717) is 11.3 Å². The molecule has 0 fully saturated rings. The van der Waals surface area contributed by atoms with Crippen molar-refractivity contribution in [3.8, 4) is 0 Å². The van der Waals surface area contributed by atoms with Gasteiger partial charge in [0, 0.05) is 24.7 Å². The fraction of sp³-hybridized carbons (Fsp3) is 0.214.